The minimum absolute atomic E-state index is 0.0794. The highest BCUT2D eigenvalue weighted by Gasteiger charge is 2.47. The molecule has 1 aromatic heterocycles. The van der Waals surface area contributed by atoms with Crippen LogP contribution in [0.4, 0.5) is 11.6 Å². The molecule has 3 heterocycles. The summed E-state index contributed by atoms with van der Waals surface area (Å²) >= 11 is -1.56. The van der Waals surface area contributed by atoms with Crippen molar-refractivity contribution < 1.29 is 13.8 Å². The van der Waals surface area contributed by atoms with E-state index < -0.39 is 22.8 Å². The van der Waals surface area contributed by atoms with Crippen LogP contribution in [0.15, 0.2) is 60.9 Å². The molecular weight excluding hydrogens is 540 g/mol. The maximum absolute atomic E-state index is 13.8. The number of nitrogens with zero attached hydrogens (tertiary/aromatic N) is 4. The van der Waals surface area contributed by atoms with Gasteiger partial charge in [0, 0.05) is 25.0 Å². The molecule has 1 spiro atoms. The largest absolute Gasteiger partial charge is 0.343 e. The van der Waals surface area contributed by atoms with Gasteiger partial charge in [-0.25, -0.2) is 9.31 Å². The van der Waals surface area contributed by atoms with Gasteiger partial charge in [-0.3, -0.25) is 18.6 Å². The molecule has 12 heteroatoms. The number of amides is 2. The van der Waals surface area contributed by atoms with E-state index in [0.717, 1.165) is 36.9 Å². The van der Waals surface area contributed by atoms with E-state index in [1.807, 2.05) is 45.6 Å². The number of H-pyrrole nitrogens is 1. The van der Waals surface area contributed by atoms with Gasteiger partial charge in [0.15, 0.2) is 0 Å². The lowest BCUT2D eigenvalue weighted by Crippen LogP contribution is -2.58. The van der Waals surface area contributed by atoms with E-state index in [0.29, 0.717) is 32.0 Å². The number of carbonyl (C=O) groups is 2. The van der Waals surface area contributed by atoms with Crippen molar-refractivity contribution in [2.45, 2.75) is 62.9 Å². The maximum Gasteiger partial charge on any atom is 0.245 e. The number of likely N-dealkylation sites (tertiary alicyclic amines) is 1. The summed E-state index contributed by atoms with van der Waals surface area (Å²) in [7, 11) is 0. The Balaban J connectivity index is 1.26. The molecule has 2 unspecified atom stereocenters. The zero-order valence-electron chi connectivity index (χ0n) is 23.5. The number of nitrogens with two attached hydrogens (primary N) is 1. The summed E-state index contributed by atoms with van der Waals surface area (Å²) in [5, 5.41) is 9.43. The van der Waals surface area contributed by atoms with Gasteiger partial charge in [0.05, 0.1) is 11.2 Å². The number of piperidine rings is 1. The van der Waals surface area contributed by atoms with E-state index in [2.05, 4.69) is 43.4 Å². The van der Waals surface area contributed by atoms with Crippen molar-refractivity contribution in [1.82, 2.24) is 25.4 Å². The molecule has 41 heavy (non-hydrogen) atoms. The Morgan fingerprint density at radius 1 is 1.12 bits per heavy atom. The van der Waals surface area contributed by atoms with Crippen LogP contribution in [0.3, 0.4) is 0 Å². The zero-order valence-corrected chi connectivity index (χ0v) is 24.3. The molecule has 3 aromatic rings. The molecule has 218 valence electrons. The third kappa shape index (κ3) is 6.43. The Bertz CT molecular complexity index is 1370. The smallest absolute Gasteiger partial charge is 0.245 e. The Kier molecular flexibility index (Phi) is 8.41. The summed E-state index contributed by atoms with van der Waals surface area (Å²) in [6, 6.07) is 17.5. The van der Waals surface area contributed by atoms with Crippen molar-refractivity contribution in [3.63, 3.8) is 0 Å². The average molecular weight is 579 g/mol. The SMILES string of the molecule is CC(C)(N)C(=O)NC(CCCc1ccccc1)C(=O)N1CCC2(CC1)CN(S(=O)Nc1ncn[nH]1)c1ccccc12. The van der Waals surface area contributed by atoms with Gasteiger partial charge in [-0.05, 0) is 63.1 Å². The maximum atomic E-state index is 13.8. The molecule has 5 N–H and O–H groups in total. The number of nitrogens with one attached hydrogen (secondary N) is 3. The van der Waals surface area contributed by atoms with E-state index >= 15 is 0 Å². The van der Waals surface area contributed by atoms with Crippen molar-refractivity contribution in [2.24, 2.45) is 5.73 Å². The molecular formula is C29H38N8O3S. The number of benzene rings is 2. The topological polar surface area (TPSA) is 149 Å². The molecule has 1 fully saturated rings. The Morgan fingerprint density at radius 3 is 2.51 bits per heavy atom. The highest BCUT2D eigenvalue weighted by molar-refractivity contribution is 7.87. The summed E-state index contributed by atoms with van der Waals surface area (Å²) in [4.78, 5) is 32.5. The van der Waals surface area contributed by atoms with Crippen LogP contribution in [0.5, 0.6) is 0 Å². The Labute approximate surface area is 243 Å². The van der Waals surface area contributed by atoms with Gasteiger partial charge in [-0.1, -0.05) is 48.5 Å². The molecule has 0 saturated carbocycles. The number of aryl methyl sites for hydroxylation is 1. The molecule has 2 atom stereocenters. The number of para-hydroxylation sites is 1. The lowest BCUT2D eigenvalue weighted by Gasteiger charge is -2.41. The number of aromatic nitrogens is 3. The van der Waals surface area contributed by atoms with Crippen LogP contribution in [0.25, 0.3) is 0 Å². The van der Waals surface area contributed by atoms with Gasteiger partial charge >= 0.3 is 0 Å². The van der Waals surface area contributed by atoms with E-state index in [-0.39, 0.29) is 17.2 Å². The highest BCUT2D eigenvalue weighted by Crippen LogP contribution is 2.47. The van der Waals surface area contributed by atoms with Gasteiger partial charge in [-0.15, -0.1) is 0 Å². The first-order valence-corrected chi connectivity index (χ1v) is 15.1. The highest BCUT2D eigenvalue weighted by atomic mass is 32.2. The fraction of sp³-hybridized carbons (Fsp3) is 0.448. The second-order valence-corrected chi connectivity index (χ2v) is 12.6. The third-order valence-corrected chi connectivity index (χ3v) is 9.11. The van der Waals surface area contributed by atoms with Crippen LogP contribution < -0.4 is 20.1 Å². The first-order chi connectivity index (χ1) is 19.7. The number of rotatable bonds is 10. The zero-order chi connectivity index (χ0) is 29.0. The molecule has 1 saturated heterocycles. The van der Waals surface area contributed by atoms with Gasteiger partial charge in [0.25, 0.3) is 0 Å². The summed E-state index contributed by atoms with van der Waals surface area (Å²) in [5.74, 6) is -0.0847. The van der Waals surface area contributed by atoms with Crippen molar-refractivity contribution in [2.75, 3.05) is 28.7 Å². The minimum atomic E-state index is -1.56. The van der Waals surface area contributed by atoms with E-state index in [1.54, 1.807) is 13.8 Å². The van der Waals surface area contributed by atoms with Crippen LogP contribution >= 0.6 is 0 Å². The van der Waals surface area contributed by atoms with Crippen LogP contribution in [0, 0.1) is 0 Å². The quantitative estimate of drug-likeness (QED) is 0.290. The van der Waals surface area contributed by atoms with E-state index in [1.165, 1.54) is 11.9 Å². The van der Waals surface area contributed by atoms with Crippen molar-refractivity contribution in [1.29, 1.82) is 0 Å². The molecule has 0 radical (unpaired) electrons. The van der Waals surface area contributed by atoms with Crippen LogP contribution in [0.1, 0.15) is 50.7 Å². The molecule has 2 aromatic carbocycles. The molecule has 5 rings (SSSR count). The monoisotopic (exact) mass is 578 g/mol. The van der Waals surface area contributed by atoms with Gasteiger partial charge in [0.1, 0.15) is 12.4 Å². The lowest BCUT2D eigenvalue weighted by molar-refractivity contribution is -0.139. The Morgan fingerprint density at radius 2 is 1.83 bits per heavy atom. The standard InChI is InChI=1S/C29H38N8O3S/c1-28(2,30)26(39)33-23(13-8-11-21-9-4-3-5-10-21)25(38)36-17-15-29(16-18-36)19-37(24-14-7-6-12-22(24)29)41(40)35-27-31-20-32-34-27/h3-7,9-10,12,14,20,23H,8,11,13,15-19,30H2,1-2H3,(H,33,39)(H2,31,32,34,35). The number of aromatic amines is 1. The fourth-order valence-corrected chi connectivity index (χ4v) is 6.76. The first-order valence-electron chi connectivity index (χ1n) is 14.0. The predicted octanol–water partition coefficient (Wildman–Crippen LogP) is 2.42. The van der Waals surface area contributed by atoms with Crippen molar-refractivity contribution >= 4 is 34.6 Å². The van der Waals surface area contributed by atoms with Crippen LogP contribution in [-0.4, -0.2) is 67.3 Å². The number of carbonyl (C=O) groups excluding carboxylic acids is 2. The van der Waals surface area contributed by atoms with Crippen molar-refractivity contribution in [3.8, 4) is 0 Å². The molecule has 2 aliphatic rings. The second kappa shape index (κ2) is 12.0. The fourth-order valence-electron chi connectivity index (χ4n) is 5.68. The summed E-state index contributed by atoms with van der Waals surface area (Å²) in [6.07, 6.45) is 4.91. The van der Waals surface area contributed by atoms with Gasteiger partial charge in [0.2, 0.25) is 28.9 Å². The predicted molar refractivity (Wildman–Crippen MR) is 159 cm³/mol. The number of anilines is 2. The normalized spacial score (nSPS) is 17.6. The van der Waals surface area contributed by atoms with Crippen LogP contribution in [0.2, 0.25) is 0 Å². The first kappa shape index (κ1) is 28.7. The summed E-state index contributed by atoms with van der Waals surface area (Å²) in [6.45, 7) is 4.92. The second-order valence-electron chi connectivity index (χ2n) is 11.5. The number of fused-ring (bicyclic) bond motifs is 2. The molecule has 11 nitrogen and oxygen atoms in total. The van der Waals surface area contributed by atoms with E-state index in [4.69, 9.17) is 5.73 Å². The number of hydrogen-bond acceptors (Lipinski definition) is 6. The third-order valence-electron chi connectivity index (χ3n) is 8.01. The van der Waals surface area contributed by atoms with Gasteiger partial charge < -0.3 is 16.0 Å². The molecule has 2 aliphatic heterocycles. The van der Waals surface area contributed by atoms with Gasteiger partial charge in [-0.2, -0.15) is 10.1 Å². The average Bonchev–Trinajstić information content (AvgIpc) is 3.59. The van der Waals surface area contributed by atoms with Crippen molar-refractivity contribution in [3.05, 3.63) is 72.1 Å². The van der Waals surface area contributed by atoms with Crippen LogP contribution in [-0.2, 0) is 32.6 Å². The molecule has 0 aliphatic carbocycles. The molecule has 2 amide bonds. The molecule has 0 bridgehead atoms. The summed E-state index contributed by atoms with van der Waals surface area (Å²) in [5.41, 5.74) is 7.97. The Hall–Kier alpha value is -3.77. The minimum Gasteiger partial charge on any atom is -0.343 e. The summed E-state index contributed by atoms with van der Waals surface area (Å²) < 4.78 is 18.0. The van der Waals surface area contributed by atoms with E-state index in [9.17, 15) is 13.8 Å². The lowest BCUT2D eigenvalue weighted by atomic mass is 9.74. The number of hydrogen-bond donors (Lipinski definition) is 4.